The summed E-state index contributed by atoms with van der Waals surface area (Å²) in [6, 6.07) is -0.725. The molecule has 9 heteroatoms. The molecule has 208 valence electrons. The van der Waals surface area contributed by atoms with Crippen molar-refractivity contribution in [1.29, 1.82) is 0 Å². The second-order valence-electron chi connectivity index (χ2n) is 10.4. The number of rotatable bonds is 17. The van der Waals surface area contributed by atoms with E-state index in [4.69, 9.17) is 23.7 Å². The van der Waals surface area contributed by atoms with E-state index in [-0.39, 0.29) is 18.5 Å². The maximum absolute atomic E-state index is 12.7. The Morgan fingerprint density at radius 2 is 1.53 bits per heavy atom. The van der Waals surface area contributed by atoms with Gasteiger partial charge in [-0.05, 0) is 19.3 Å². The quantitative estimate of drug-likeness (QED) is 0.229. The van der Waals surface area contributed by atoms with Crippen molar-refractivity contribution in [3.8, 4) is 0 Å². The van der Waals surface area contributed by atoms with Crippen molar-refractivity contribution in [3.63, 3.8) is 0 Å². The number of ether oxygens (including phenoxy) is 5. The van der Waals surface area contributed by atoms with Gasteiger partial charge in [-0.3, -0.25) is 9.59 Å². The summed E-state index contributed by atoms with van der Waals surface area (Å²) in [6.07, 6.45) is 8.36. The molecule has 1 amide bonds. The third-order valence-corrected chi connectivity index (χ3v) is 6.77. The van der Waals surface area contributed by atoms with Crippen LogP contribution in [0, 0.1) is 5.92 Å². The summed E-state index contributed by atoms with van der Waals surface area (Å²) < 4.78 is 28.0. The average Bonchev–Trinajstić information content (AvgIpc) is 3.27. The lowest BCUT2D eigenvalue weighted by atomic mass is 9.97. The van der Waals surface area contributed by atoms with Crippen molar-refractivity contribution in [2.24, 2.45) is 5.92 Å². The van der Waals surface area contributed by atoms with Crippen LogP contribution in [0.5, 0.6) is 0 Å². The highest BCUT2D eigenvalue weighted by atomic mass is 16.7. The Kier molecular flexibility index (Phi) is 13.7. The zero-order chi connectivity index (χ0) is 26.5. The second-order valence-corrected chi connectivity index (χ2v) is 10.4. The number of nitrogens with one attached hydrogen (secondary N) is 1. The number of esters is 2. The number of hydrogen-bond acceptors (Lipinski definition) is 8. The third-order valence-electron chi connectivity index (χ3n) is 6.77. The molecule has 0 saturated carbocycles. The Morgan fingerprint density at radius 3 is 2.11 bits per heavy atom. The van der Waals surface area contributed by atoms with Crippen LogP contribution in [0.1, 0.15) is 98.3 Å². The normalized spacial score (nSPS) is 26.0. The van der Waals surface area contributed by atoms with E-state index in [1.54, 1.807) is 6.92 Å². The van der Waals surface area contributed by atoms with Gasteiger partial charge in [0.1, 0.15) is 18.2 Å². The van der Waals surface area contributed by atoms with Crippen molar-refractivity contribution in [1.82, 2.24) is 5.32 Å². The molecular weight excluding hydrogens is 466 g/mol. The summed E-state index contributed by atoms with van der Waals surface area (Å²) in [5, 5.41) is 2.76. The lowest BCUT2D eigenvalue weighted by Crippen LogP contribution is -2.63. The zero-order valence-electron chi connectivity index (χ0n) is 22.8. The number of methoxy groups -OCH3 is 1. The predicted octanol–water partition coefficient (Wildman–Crippen LogP) is 4.05. The average molecular weight is 514 g/mol. The van der Waals surface area contributed by atoms with Crippen molar-refractivity contribution in [3.05, 3.63) is 0 Å². The molecule has 0 aliphatic carbocycles. The third kappa shape index (κ3) is 10.3. The Morgan fingerprint density at radius 1 is 0.917 bits per heavy atom. The molecule has 2 heterocycles. The van der Waals surface area contributed by atoms with Crippen LogP contribution >= 0.6 is 0 Å². The lowest BCUT2D eigenvalue weighted by molar-refractivity contribution is -0.224. The van der Waals surface area contributed by atoms with Crippen molar-refractivity contribution >= 4 is 17.8 Å². The van der Waals surface area contributed by atoms with E-state index in [1.165, 1.54) is 59.0 Å². The topological polar surface area (TPSA) is 109 Å². The Balaban J connectivity index is 1.76. The van der Waals surface area contributed by atoms with Crippen LogP contribution in [0.15, 0.2) is 0 Å². The number of amides is 1. The van der Waals surface area contributed by atoms with Gasteiger partial charge in [-0.2, -0.15) is 0 Å². The first-order valence-corrected chi connectivity index (χ1v) is 13.7. The molecule has 0 aromatic carbocycles. The van der Waals surface area contributed by atoms with Crippen LogP contribution in [0.25, 0.3) is 0 Å². The van der Waals surface area contributed by atoms with Crippen LogP contribution in [-0.2, 0) is 38.1 Å². The monoisotopic (exact) mass is 513 g/mol. The van der Waals surface area contributed by atoms with Crippen LogP contribution in [0.2, 0.25) is 0 Å². The molecule has 6 atom stereocenters. The molecule has 2 fully saturated rings. The van der Waals surface area contributed by atoms with Crippen molar-refractivity contribution < 1.29 is 38.1 Å². The zero-order valence-corrected chi connectivity index (χ0v) is 22.8. The summed E-state index contributed by atoms with van der Waals surface area (Å²) in [5.41, 5.74) is 0. The Hall–Kier alpha value is -1.71. The fourth-order valence-electron chi connectivity index (χ4n) is 4.79. The summed E-state index contributed by atoms with van der Waals surface area (Å²) in [5.74, 6) is -0.416. The smallest absolute Gasteiger partial charge is 0.334 e. The first kappa shape index (κ1) is 30.5. The summed E-state index contributed by atoms with van der Waals surface area (Å²) in [4.78, 5) is 36.4. The molecular formula is C27H47NO8. The van der Waals surface area contributed by atoms with Gasteiger partial charge in [-0.15, -0.1) is 0 Å². The summed E-state index contributed by atoms with van der Waals surface area (Å²) in [6.45, 7) is 7.69. The lowest BCUT2D eigenvalue weighted by Gasteiger charge is -2.41. The molecule has 9 nitrogen and oxygen atoms in total. The number of carbonyl (C=O) groups is 3. The molecule has 36 heavy (non-hydrogen) atoms. The van der Waals surface area contributed by atoms with E-state index >= 15 is 0 Å². The van der Waals surface area contributed by atoms with E-state index in [9.17, 15) is 14.4 Å². The molecule has 0 aromatic heterocycles. The van der Waals surface area contributed by atoms with Crippen LogP contribution < -0.4 is 5.32 Å². The van der Waals surface area contributed by atoms with E-state index in [0.717, 1.165) is 25.2 Å². The van der Waals surface area contributed by atoms with Gasteiger partial charge in [0.25, 0.3) is 0 Å². The molecule has 2 rings (SSSR count). The Labute approximate surface area is 216 Å². The van der Waals surface area contributed by atoms with Gasteiger partial charge in [0.05, 0.1) is 13.7 Å². The number of hydrogen-bond donors (Lipinski definition) is 1. The van der Waals surface area contributed by atoms with E-state index in [2.05, 4.69) is 19.2 Å². The van der Waals surface area contributed by atoms with Gasteiger partial charge in [0.15, 0.2) is 18.5 Å². The molecule has 0 aromatic rings. The number of carbonyl (C=O) groups excluding carboxylic acids is 3. The van der Waals surface area contributed by atoms with Gasteiger partial charge in [0, 0.05) is 13.3 Å². The standard InChI is InChI=1S/C27H47NO8/c1-18(2)15-13-11-9-7-6-8-10-12-14-16-22(30)36-24-21-17-33-27(35-21)23(28-20(4)29)25(24)34-19(3)26(31)32-5/h18-19,21,23-25,27H,6-17H2,1-5H3,(H,28,29)/t19-,21-,23-,24-,25-,27-/m1/s1. The molecule has 2 bridgehead atoms. The second kappa shape index (κ2) is 16.2. The van der Waals surface area contributed by atoms with Gasteiger partial charge >= 0.3 is 11.9 Å². The first-order chi connectivity index (χ1) is 17.2. The van der Waals surface area contributed by atoms with Crippen LogP contribution in [0.3, 0.4) is 0 Å². The molecule has 0 spiro atoms. The number of fused-ring (bicyclic) bond motifs is 2. The molecule has 2 aliphatic rings. The van der Waals surface area contributed by atoms with Crippen LogP contribution in [0.4, 0.5) is 0 Å². The molecule has 1 N–H and O–H groups in total. The maximum Gasteiger partial charge on any atom is 0.334 e. The van der Waals surface area contributed by atoms with Crippen molar-refractivity contribution in [2.75, 3.05) is 13.7 Å². The van der Waals surface area contributed by atoms with E-state index in [0.29, 0.717) is 6.42 Å². The minimum Gasteiger partial charge on any atom is -0.467 e. The fourth-order valence-corrected chi connectivity index (χ4v) is 4.79. The van der Waals surface area contributed by atoms with E-state index < -0.39 is 42.7 Å². The fraction of sp³-hybridized carbons (Fsp3) is 0.889. The highest BCUT2D eigenvalue weighted by molar-refractivity contribution is 5.74. The van der Waals surface area contributed by atoms with Gasteiger partial charge in [-0.25, -0.2) is 4.79 Å². The Bertz CT molecular complexity index is 685. The molecule has 0 unspecified atom stereocenters. The highest BCUT2D eigenvalue weighted by Gasteiger charge is 2.54. The maximum atomic E-state index is 12.7. The highest BCUT2D eigenvalue weighted by Crippen LogP contribution is 2.33. The van der Waals surface area contributed by atoms with Crippen molar-refractivity contribution in [2.45, 2.75) is 135 Å². The number of unbranched alkanes of at least 4 members (excludes halogenated alkanes) is 8. The molecule has 2 aliphatic heterocycles. The molecule has 2 saturated heterocycles. The van der Waals surface area contributed by atoms with E-state index in [1.807, 2.05) is 0 Å². The van der Waals surface area contributed by atoms with Gasteiger partial charge < -0.3 is 29.0 Å². The summed E-state index contributed by atoms with van der Waals surface area (Å²) in [7, 11) is 1.27. The predicted molar refractivity (Wildman–Crippen MR) is 134 cm³/mol. The first-order valence-electron chi connectivity index (χ1n) is 13.7. The van der Waals surface area contributed by atoms with Crippen LogP contribution in [-0.4, -0.2) is 68.3 Å². The molecule has 0 radical (unpaired) electrons. The van der Waals surface area contributed by atoms with Gasteiger partial charge in [0.2, 0.25) is 5.91 Å². The minimum atomic E-state index is -0.912. The largest absolute Gasteiger partial charge is 0.467 e. The summed E-state index contributed by atoms with van der Waals surface area (Å²) >= 11 is 0. The SMILES string of the molecule is COC(=O)[C@@H](C)O[C@@H]1[C@@H](NC(C)=O)[C@@H]2OC[C@@H](O2)[C@H]1OC(=O)CCCCCCCCCCCC(C)C. The van der Waals surface area contributed by atoms with Gasteiger partial charge in [-0.1, -0.05) is 71.6 Å². The minimum absolute atomic E-state index is 0.211.